The van der Waals surface area contributed by atoms with Crippen molar-refractivity contribution in [2.75, 3.05) is 13.2 Å². The Bertz CT molecular complexity index is 749. The number of ether oxygens (including phenoxy) is 2. The number of aliphatic hydroxyl groups is 1. The summed E-state index contributed by atoms with van der Waals surface area (Å²) in [5.74, 6) is -0.742. The van der Waals surface area contributed by atoms with E-state index in [0.717, 1.165) is 11.3 Å². The van der Waals surface area contributed by atoms with Gasteiger partial charge in [-0.05, 0) is 28.9 Å². The fourth-order valence-electron chi connectivity index (χ4n) is 2.11. The summed E-state index contributed by atoms with van der Waals surface area (Å²) >= 11 is 4.17. The molecule has 0 aliphatic carbocycles. The zero-order valence-electron chi connectivity index (χ0n) is 11.4. The standard InChI is InChI=1S/C14H11BrFNO4S/c1-2-20-14(19)13-17-11-6-3-7(15)8(16)4-10(6)21-5-9(18)12(11)22-13/h3-4,9,18H,2,5H2,1H3. The lowest BCUT2D eigenvalue weighted by atomic mass is 10.1. The van der Waals surface area contributed by atoms with Crippen molar-refractivity contribution in [2.24, 2.45) is 0 Å². The Kier molecular flexibility index (Phi) is 4.16. The Labute approximate surface area is 137 Å². The third kappa shape index (κ3) is 2.62. The molecule has 0 radical (unpaired) electrons. The molecule has 5 nitrogen and oxygen atoms in total. The molecule has 1 N–H and O–H groups in total. The van der Waals surface area contributed by atoms with Crippen LogP contribution < -0.4 is 4.74 Å². The molecule has 1 atom stereocenters. The monoisotopic (exact) mass is 387 g/mol. The molecule has 1 aliphatic heterocycles. The minimum Gasteiger partial charge on any atom is -0.490 e. The first kappa shape index (κ1) is 15.4. The van der Waals surface area contributed by atoms with Crippen LogP contribution in [0.5, 0.6) is 5.75 Å². The number of carbonyl (C=O) groups is 1. The fourth-order valence-corrected chi connectivity index (χ4v) is 3.40. The largest absolute Gasteiger partial charge is 0.490 e. The molecular weight excluding hydrogens is 377 g/mol. The van der Waals surface area contributed by atoms with Crippen molar-refractivity contribution >= 4 is 33.2 Å². The first-order chi connectivity index (χ1) is 10.5. The number of nitrogens with zero attached hydrogens (tertiary/aromatic N) is 1. The van der Waals surface area contributed by atoms with Crippen LogP contribution in [0, 0.1) is 5.82 Å². The Morgan fingerprint density at radius 3 is 3.14 bits per heavy atom. The van der Waals surface area contributed by atoms with Crippen LogP contribution in [0.1, 0.15) is 27.7 Å². The van der Waals surface area contributed by atoms with Gasteiger partial charge in [0.2, 0.25) is 5.01 Å². The van der Waals surface area contributed by atoms with E-state index in [1.165, 1.54) is 12.1 Å². The van der Waals surface area contributed by atoms with Crippen LogP contribution in [0.2, 0.25) is 0 Å². The van der Waals surface area contributed by atoms with Gasteiger partial charge in [-0.3, -0.25) is 0 Å². The molecule has 1 aromatic carbocycles. The van der Waals surface area contributed by atoms with Crippen LogP contribution >= 0.6 is 27.3 Å². The summed E-state index contributed by atoms with van der Waals surface area (Å²) in [5, 5.41) is 10.3. The molecule has 116 valence electrons. The van der Waals surface area contributed by atoms with Crippen LogP contribution in [0.4, 0.5) is 4.39 Å². The fraction of sp³-hybridized carbons (Fsp3) is 0.286. The lowest BCUT2D eigenvalue weighted by Gasteiger charge is -2.09. The summed E-state index contributed by atoms with van der Waals surface area (Å²) in [6.45, 7) is 1.90. The van der Waals surface area contributed by atoms with Gasteiger partial charge >= 0.3 is 5.97 Å². The molecule has 3 rings (SSSR count). The first-order valence-electron chi connectivity index (χ1n) is 6.49. The summed E-state index contributed by atoms with van der Waals surface area (Å²) in [5.41, 5.74) is 0.931. The number of thiazole rings is 1. The van der Waals surface area contributed by atoms with Gasteiger partial charge in [-0.25, -0.2) is 14.2 Å². The predicted molar refractivity (Wildman–Crippen MR) is 81.6 cm³/mol. The van der Waals surface area contributed by atoms with Crippen molar-refractivity contribution < 1.29 is 23.8 Å². The number of aliphatic hydroxyl groups excluding tert-OH is 1. The molecular formula is C14H11BrFNO4S. The van der Waals surface area contributed by atoms with Crippen LogP contribution in [0.3, 0.4) is 0 Å². The van der Waals surface area contributed by atoms with E-state index in [1.807, 2.05) is 0 Å². The molecule has 1 aromatic heterocycles. The molecule has 1 aliphatic rings. The number of halogens is 2. The molecule has 0 amide bonds. The van der Waals surface area contributed by atoms with Crippen LogP contribution in [0.25, 0.3) is 11.3 Å². The average molecular weight is 388 g/mol. The van der Waals surface area contributed by atoms with Gasteiger partial charge in [-0.15, -0.1) is 11.3 Å². The molecule has 0 saturated heterocycles. The van der Waals surface area contributed by atoms with Gasteiger partial charge in [0.05, 0.1) is 21.7 Å². The lowest BCUT2D eigenvalue weighted by Crippen LogP contribution is -2.07. The van der Waals surface area contributed by atoms with Gasteiger partial charge in [0, 0.05) is 11.6 Å². The molecule has 2 aromatic rings. The second kappa shape index (κ2) is 5.94. The normalized spacial score (nSPS) is 16.3. The van der Waals surface area contributed by atoms with E-state index in [-0.39, 0.29) is 28.4 Å². The van der Waals surface area contributed by atoms with Crippen molar-refractivity contribution in [3.63, 3.8) is 0 Å². The van der Waals surface area contributed by atoms with Gasteiger partial charge < -0.3 is 14.6 Å². The number of rotatable bonds is 2. The Balaban J connectivity index is 2.15. The number of carbonyl (C=O) groups excluding carboxylic acids is 1. The quantitative estimate of drug-likeness (QED) is 0.800. The van der Waals surface area contributed by atoms with Crippen LogP contribution in [-0.2, 0) is 4.74 Å². The second-order valence-electron chi connectivity index (χ2n) is 4.54. The van der Waals surface area contributed by atoms with Gasteiger partial charge in [0.25, 0.3) is 0 Å². The maximum Gasteiger partial charge on any atom is 0.367 e. The summed E-state index contributed by atoms with van der Waals surface area (Å²) in [6, 6.07) is 2.75. The SMILES string of the molecule is CCOC(=O)c1nc2c(s1)C(O)COc1cc(F)c(Br)cc1-2. The maximum atomic E-state index is 13.7. The smallest absolute Gasteiger partial charge is 0.367 e. The molecule has 0 bridgehead atoms. The topological polar surface area (TPSA) is 68.7 Å². The Morgan fingerprint density at radius 1 is 1.64 bits per heavy atom. The summed E-state index contributed by atoms with van der Waals surface area (Å²) in [7, 11) is 0. The van der Waals surface area contributed by atoms with E-state index in [9.17, 15) is 14.3 Å². The number of aromatic nitrogens is 1. The molecule has 8 heteroatoms. The van der Waals surface area contributed by atoms with Crippen molar-refractivity contribution in [2.45, 2.75) is 13.0 Å². The zero-order chi connectivity index (χ0) is 15.9. The highest BCUT2D eigenvalue weighted by molar-refractivity contribution is 9.10. The summed E-state index contributed by atoms with van der Waals surface area (Å²) < 4.78 is 24.3. The van der Waals surface area contributed by atoms with Crippen LogP contribution in [-0.4, -0.2) is 29.3 Å². The van der Waals surface area contributed by atoms with Gasteiger partial charge in [0.15, 0.2) is 0 Å². The number of hydrogen-bond acceptors (Lipinski definition) is 6. The lowest BCUT2D eigenvalue weighted by molar-refractivity contribution is 0.0526. The van der Waals surface area contributed by atoms with Crippen LogP contribution in [0.15, 0.2) is 16.6 Å². The molecule has 22 heavy (non-hydrogen) atoms. The van der Waals surface area contributed by atoms with E-state index in [0.29, 0.717) is 16.1 Å². The third-order valence-electron chi connectivity index (χ3n) is 3.08. The third-order valence-corrected chi connectivity index (χ3v) is 4.82. The molecule has 0 fully saturated rings. The van der Waals surface area contributed by atoms with E-state index in [4.69, 9.17) is 9.47 Å². The van der Waals surface area contributed by atoms with Crippen molar-refractivity contribution in [1.82, 2.24) is 4.98 Å². The zero-order valence-corrected chi connectivity index (χ0v) is 13.8. The molecule has 0 saturated carbocycles. The molecule has 0 spiro atoms. The average Bonchev–Trinajstić information content (AvgIpc) is 2.88. The van der Waals surface area contributed by atoms with Crippen molar-refractivity contribution in [1.29, 1.82) is 0 Å². The highest BCUT2D eigenvalue weighted by atomic mass is 79.9. The molecule has 1 unspecified atom stereocenters. The highest BCUT2D eigenvalue weighted by Crippen LogP contribution is 2.42. The first-order valence-corrected chi connectivity index (χ1v) is 8.10. The number of esters is 1. The van der Waals surface area contributed by atoms with Gasteiger partial charge in [-0.2, -0.15) is 0 Å². The number of hydrogen-bond donors (Lipinski definition) is 1. The maximum absolute atomic E-state index is 13.7. The predicted octanol–water partition coefficient (Wildman–Crippen LogP) is 3.31. The van der Waals surface area contributed by atoms with Crippen molar-refractivity contribution in [3.8, 4) is 17.0 Å². The van der Waals surface area contributed by atoms with Gasteiger partial charge in [-0.1, -0.05) is 0 Å². The second-order valence-corrected chi connectivity index (χ2v) is 6.43. The summed E-state index contributed by atoms with van der Waals surface area (Å²) in [6.07, 6.45) is -0.940. The van der Waals surface area contributed by atoms with E-state index in [1.54, 1.807) is 6.92 Å². The highest BCUT2D eigenvalue weighted by Gasteiger charge is 2.29. The van der Waals surface area contributed by atoms with Gasteiger partial charge in [0.1, 0.15) is 24.3 Å². The summed E-state index contributed by atoms with van der Waals surface area (Å²) in [4.78, 5) is 16.6. The minimum absolute atomic E-state index is 0.0362. The van der Waals surface area contributed by atoms with Crippen molar-refractivity contribution in [3.05, 3.63) is 32.3 Å². The number of fused-ring (bicyclic) bond motifs is 3. The van der Waals surface area contributed by atoms with E-state index >= 15 is 0 Å². The van der Waals surface area contributed by atoms with E-state index < -0.39 is 17.9 Å². The Hall–Kier alpha value is -1.51. The Morgan fingerprint density at radius 2 is 2.41 bits per heavy atom. The minimum atomic E-state index is -0.940. The van der Waals surface area contributed by atoms with E-state index in [2.05, 4.69) is 20.9 Å². The molecule has 2 heterocycles. The number of benzene rings is 1.